The van der Waals surface area contributed by atoms with Gasteiger partial charge in [0.25, 0.3) is 0 Å². The van der Waals surface area contributed by atoms with E-state index in [9.17, 15) is 0 Å². The van der Waals surface area contributed by atoms with E-state index in [4.69, 9.17) is 4.74 Å². The molecule has 0 amide bonds. The third-order valence-electron chi connectivity index (χ3n) is 5.90. The molecule has 3 unspecified atom stereocenters. The van der Waals surface area contributed by atoms with Gasteiger partial charge in [0.15, 0.2) is 0 Å². The van der Waals surface area contributed by atoms with Gasteiger partial charge in [-0.1, -0.05) is 42.0 Å². The summed E-state index contributed by atoms with van der Waals surface area (Å²) >= 11 is 0. The molecule has 3 atom stereocenters. The van der Waals surface area contributed by atoms with Crippen LogP contribution in [-0.4, -0.2) is 30.0 Å². The highest BCUT2D eigenvalue weighted by atomic mass is 16.5. The number of nitrogens with zero attached hydrogens (tertiary/aromatic N) is 1. The molecule has 4 nitrogen and oxygen atoms in total. The zero-order valence-electron chi connectivity index (χ0n) is 17.1. The maximum Gasteiger partial charge on any atom is 0.0619 e. The Morgan fingerprint density at radius 2 is 1.89 bits per heavy atom. The number of fused-ring (bicyclic) bond motifs is 1. The number of rotatable bonds is 5. The van der Waals surface area contributed by atoms with Crippen LogP contribution in [0, 0.1) is 20.8 Å². The molecule has 0 saturated carbocycles. The molecule has 0 saturated heterocycles. The van der Waals surface area contributed by atoms with Crippen LogP contribution in [0.2, 0.25) is 0 Å². The van der Waals surface area contributed by atoms with Gasteiger partial charge in [-0.2, -0.15) is 5.10 Å². The van der Waals surface area contributed by atoms with Crippen LogP contribution >= 0.6 is 0 Å². The van der Waals surface area contributed by atoms with Gasteiger partial charge in [-0.3, -0.25) is 5.10 Å². The average molecular weight is 376 g/mol. The van der Waals surface area contributed by atoms with Crippen molar-refractivity contribution in [1.29, 1.82) is 0 Å². The van der Waals surface area contributed by atoms with Gasteiger partial charge in [0, 0.05) is 31.3 Å². The Hall–Kier alpha value is -2.43. The molecule has 4 rings (SSSR count). The van der Waals surface area contributed by atoms with E-state index in [2.05, 4.69) is 72.7 Å². The third kappa shape index (κ3) is 3.50. The molecular formula is C24H29N3O. The van der Waals surface area contributed by atoms with E-state index >= 15 is 0 Å². The maximum atomic E-state index is 5.50. The number of aryl methyl sites for hydroxylation is 3. The van der Waals surface area contributed by atoms with Crippen molar-refractivity contribution in [3.05, 3.63) is 87.7 Å². The van der Waals surface area contributed by atoms with Crippen molar-refractivity contribution in [1.82, 2.24) is 15.5 Å². The summed E-state index contributed by atoms with van der Waals surface area (Å²) in [5.41, 5.74) is 9.34. The van der Waals surface area contributed by atoms with E-state index in [-0.39, 0.29) is 12.0 Å². The highest BCUT2D eigenvalue weighted by molar-refractivity contribution is 5.48. The Labute approximate surface area is 167 Å². The quantitative estimate of drug-likeness (QED) is 0.696. The molecule has 1 aliphatic rings. The smallest absolute Gasteiger partial charge is 0.0619 e. The first-order valence-electron chi connectivity index (χ1n) is 9.97. The number of nitrogens with one attached hydrogen (secondary N) is 2. The summed E-state index contributed by atoms with van der Waals surface area (Å²) in [5, 5.41) is 11.2. The number of ether oxygens (including phenoxy) is 1. The summed E-state index contributed by atoms with van der Waals surface area (Å²) in [5.74, 6) is 0.181. The van der Waals surface area contributed by atoms with Crippen LogP contribution in [-0.2, 0) is 11.2 Å². The van der Waals surface area contributed by atoms with Crippen LogP contribution in [0.3, 0.4) is 0 Å². The van der Waals surface area contributed by atoms with Crippen LogP contribution in [0.1, 0.15) is 50.9 Å². The van der Waals surface area contributed by atoms with E-state index < -0.39 is 0 Å². The van der Waals surface area contributed by atoms with Crippen LogP contribution in [0.15, 0.2) is 48.8 Å². The molecule has 3 aromatic rings. The van der Waals surface area contributed by atoms with E-state index in [0.29, 0.717) is 12.6 Å². The summed E-state index contributed by atoms with van der Waals surface area (Å²) in [6.07, 6.45) is 4.99. The molecule has 0 radical (unpaired) electrons. The molecule has 0 aliphatic carbocycles. The molecule has 2 aromatic carbocycles. The molecule has 4 heteroatoms. The summed E-state index contributed by atoms with van der Waals surface area (Å²) in [6.45, 7) is 7.32. The highest BCUT2D eigenvalue weighted by Crippen LogP contribution is 2.42. The lowest BCUT2D eigenvalue weighted by Gasteiger charge is -2.38. The molecule has 146 valence electrons. The van der Waals surface area contributed by atoms with Crippen molar-refractivity contribution in [2.45, 2.75) is 45.2 Å². The topological polar surface area (TPSA) is 49.9 Å². The minimum absolute atomic E-state index is 0.169. The van der Waals surface area contributed by atoms with Gasteiger partial charge in [-0.25, -0.2) is 0 Å². The first-order chi connectivity index (χ1) is 13.6. The third-order valence-corrected chi connectivity index (χ3v) is 5.90. The van der Waals surface area contributed by atoms with Crippen molar-refractivity contribution in [2.75, 3.05) is 13.7 Å². The number of methoxy groups -OCH3 is 1. The standard InChI is InChI=1S/C24H29N3O/c1-15-9-16(2)22(17(3)10-15)23(19-12-25-26-13-19)24-21-8-6-5-7-18(21)11-20(27-24)14-28-4/h5-10,12-13,20,23-24,27H,11,14H2,1-4H3,(H,25,26). The normalized spacial score (nSPS) is 20.0. The van der Waals surface area contributed by atoms with E-state index in [0.717, 1.165) is 6.42 Å². The first-order valence-corrected chi connectivity index (χ1v) is 9.97. The second-order valence-corrected chi connectivity index (χ2v) is 8.02. The monoisotopic (exact) mass is 375 g/mol. The zero-order valence-corrected chi connectivity index (χ0v) is 17.1. The molecule has 1 aromatic heterocycles. The summed E-state index contributed by atoms with van der Waals surface area (Å²) in [4.78, 5) is 0. The van der Waals surface area contributed by atoms with Gasteiger partial charge in [0.2, 0.25) is 0 Å². The largest absolute Gasteiger partial charge is 0.383 e. The van der Waals surface area contributed by atoms with Gasteiger partial charge >= 0.3 is 0 Å². The predicted octanol–water partition coefficient (Wildman–Crippen LogP) is 4.37. The van der Waals surface area contributed by atoms with Gasteiger partial charge in [0.05, 0.1) is 12.8 Å². The molecule has 1 aliphatic heterocycles. The molecule has 2 heterocycles. The summed E-state index contributed by atoms with van der Waals surface area (Å²) in [6, 6.07) is 13.8. The van der Waals surface area contributed by atoms with Crippen molar-refractivity contribution in [2.24, 2.45) is 0 Å². The van der Waals surface area contributed by atoms with E-state index in [1.807, 2.05) is 12.4 Å². The first kappa shape index (κ1) is 18.9. The Balaban J connectivity index is 1.88. The number of aromatic amines is 1. The van der Waals surface area contributed by atoms with Gasteiger partial charge < -0.3 is 10.1 Å². The van der Waals surface area contributed by atoms with Gasteiger partial charge in [0.1, 0.15) is 0 Å². The van der Waals surface area contributed by atoms with Crippen molar-refractivity contribution in [3.8, 4) is 0 Å². The van der Waals surface area contributed by atoms with Crippen LogP contribution in [0.25, 0.3) is 0 Å². The zero-order chi connectivity index (χ0) is 19.7. The molecule has 0 bridgehead atoms. The Morgan fingerprint density at radius 1 is 1.14 bits per heavy atom. The van der Waals surface area contributed by atoms with Crippen molar-refractivity contribution in [3.63, 3.8) is 0 Å². The van der Waals surface area contributed by atoms with Crippen LogP contribution in [0.5, 0.6) is 0 Å². The number of benzene rings is 2. The summed E-state index contributed by atoms with van der Waals surface area (Å²) in [7, 11) is 1.78. The minimum atomic E-state index is 0.169. The highest BCUT2D eigenvalue weighted by Gasteiger charge is 2.35. The van der Waals surface area contributed by atoms with E-state index in [1.54, 1.807) is 7.11 Å². The van der Waals surface area contributed by atoms with Crippen molar-refractivity contribution >= 4 is 0 Å². The van der Waals surface area contributed by atoms with Gasteiger partial charge in [-0.15, -0.1) is 0 Å². The number of aromatic nitrogens is 2. The lowest BCUT2D eigenvalue weighted by molar-refractivity contribution is 0.154. The lowest BCUT2D eigenvalue weighted by atomic mass is 9.75. The van der Waals surface area contributed by atoms with Gasteiger partial charge in [-0.05, 0) is 60.6 Å². The number of hydrogen-bond acceptors (Lipinski definition) is 3. The fourth-order valence-electron chi connectivity index (χ4n) is 4.91. The number of hydrogen-bond donors (Lipinski definition) is 2. The van der Waals surface area contributed by atoms with E-state index in [1.165, 1.54) is 38.9 Å². The SMILES string of the molecule is COCC1Cc2ccccc2C(C(c2cn[nH]c2)c2c(C)cc(C)cc2C)N1. The Morgan fingerprint density at radius 3 is 2.57 bits per heavy atom. The Kier molecular flexibility index (Phi) is 5.33. The molecule has 0 fully saturated rings. The van der Waals surface area contributed by atoms with Crippen LogP contribution < -0.4 is 5.32 Å². The fourth-order valence-corrected chi connectivity index (χ4v) is 4.91. The molecule has 28 heavy (non-hydrogen) atoms. The second kappa shape index (κ2) is 7.90. The predicted molar refractivity (Wildman–Crippen MR) is 113 cm³/mol. The second-order valence-electron chi connectivity index (χ2n) is 8.02. The minimum Gasteiger partial charge on any atom is -0.383 e. The Bertz CT molecular complexity index is 925. The summed E-state index contributed by atoms with van der Waals surface area (Å²) < 4.78 is 5.50. The lowest BCUT2D eigenvalue weighted by Crippen LogP contribution is -2.44. The maximum absolute atomic E-state index is 5.50. The molecule has 2 N–H and O–H groups in total. The van der Waals surface area contributed by atoms with Crippen molar-refractivity contribution < 1.29 is 4.74 Å². The average Bonchev–Trinajstić information content (AvgIpc) is 3.18. The molecular weight excluding hydrogens is 346 g/mol. The number of H-pyrrole nitrogens is 1. The fraction of sp³-hybridized carbons (Fsp3) is 0.375. The van der Waals surface area contributed by atoms with Crippen LogP contribution in [0.4, 0.5) is 0 Å². The molecule has 0 spiro atoms.